The van der Waals surface area contributed by atoms with Crippen molar-refractivity contribution in [1.29, 1.82) is 0 Å². The lowest BCUT2D eigenvalue weighted by atomic mass is 9.97. The van der Waals surface area contributed by atoms with Gasteiger partial charge in [0.2, 0.25) is 0 Å². The van der Waals surface area contributed by atoms with E-state index in [0.29, 0.717) is 16.9 Å². The third kappa shape index (κ3) is 5.46. The summed E-state index contributed by atoms with van der Waals surface area (Å²) in [4.78, 5) is 26.2. The van der Waals surface area contributed by atoms with Gasteiger partial charge in [0.25, 0.3) is 0 Å². The Morgan fingerprint density at radius 3 is 2.17 bits per heavy atom. The van der Waals surface area contributed by atoms with Crippen LogP contribution in [0.25, 0.3) is 20.5 Å². The van der Waals surface area contributed by atoms with Gasteiger partial charge in [0.05, 0.1) is 5.41 Å². The first-order valence-corrected chi connectivity index (χ1v) is 11.9. The zero-order valence-electron chi connectivity index (χ0n) is 19.7. The topological polar surface area (TPSA) is 93.1 Å². The molecule has 0 fully saturated rings. The molecule has 4 aromatic rings. The van der Waals surface area contributed by atoms with E-state index in [2.05, 4.69) is 0 Å². The van der Waals surface area contributed by atoms with Gasteiger partial charge in [-0.1, -0.05) is 0 Å². The minimum absolute atomic E-state index is 0.129. The predicted molar refractivity (Wildman–Crippen MR) is 136 cm³/mol. The lowest BCUT2D eigenvalue weighted by Crippen LogP contribution is -2.24. The lowest BCUT2D eigenvalue weighted by Gasteiger charge is -2.16. The number of carbonyl (C=O) groups excluding carboxylic acids is 2. The number of ketones is 1. The Bertz CT molecular complexity index is 1360. The number of phenolic OH excluding ortho intramolecular Hbond substituents is 2. The fraction of sp³-hybridized carbons (Fsp3) is 0.214. The largest absolute Gasteiger partial charge is 0.508 e. The third-order valence-electron chi connectivity index (χ3n) is 5.34. The molecule has 0 bridgehead atoms. The molecule has 35 heavy (non-hydrogen) atoms. The number of ether oxygens (including phenoxy) is 2. The smallest absolute Gasteiger partial charge is 0.311 e. The molecule has 6 nitrogen and oxygen atoms in total. The monoisotopic (exact) mass is 490 g/mol. The zero-order valence-corrected chi connectivity index (χ0v) is 20.5. The van der Waals surface area contributed by atoms with Gasteiger partial charge in [0.1, 0.15) is 30.5 Å². The molecular weight excluding hydrogens is 464 g/mol. The van der Waals surface area contributed by atoms with Crippen LogP contribution in [-0.2, 0) is 9.53 Å². The Morgan fingerprint density at radius 1 is 0.857 bits per heavy atom. The highest BCUT2D eigenvalue weighted by Gasteiger charge is 2.23. The van der Waals surface area contributed by atoms with Crippen LogP contribution in [0, 0.1) is 5.41 Å². The fourth-order valence-corrected chi connectivity index (χ4v) is 4.72. The van der Waals surface area contributed by atoms with E-state index < -0.39 is 5.41 Å². The van der Waals surface area contributed by atoms with Crippen LogP contribution in [0.5, 0.6) is 17.2 Å². The van der Waals surface area contributed by atoms with E-state index in [4.69, 9.17) is 9.47 Å². The summed E-state index contributed by atoms with van der Waals surface area (Å²) in [5.41, 5.74) is 1.27. The highest BCUT2D eigenvalue weighted by molar-refractivity contribution is 7.22. The van der Waals surface area contributed by atoms with Crippen molar-refractivity contribution < 1.29 is 29.3 Å². The van der Waals surface area contributed by atoms with Crippen LogP contribution in [0.15, 0.2) is 66.7 Å². The summed E-state index contributed by atoms with van der Waals surface area (Å²) in [6, 6.07) is 18.5. The zero-order chi connectivity index (χ0) is 25.2. The Morgan fingerprint density at radius 2 is 1.51 bits per heavy atom. The molecule has 1 heterocycles. The van der Waals surface area contributed by atoms with Crippen LogP contribution in [0.3, 0.4) is 0 Å². The summed E-state index contributed by atoms with van der Waals surface area (Å²) in [6.45, 7) is 5.72. The quantitative estimate of drug-likeness (QED) is 0.183. The van der Waals surface area contributed by atoms with Gasteiger partial charge < -0.3 is 19.7 Å². The van der Waals surface area contributed by atoms with Gasteiger partial charge in [0.15, 0.2) is 5.78 Å². The number of phenols is 2. The summed E-state index contributed by atoms with van der Waals surface area (Å²) in [7, 11) is 0. The predicted octanol–water partition coefficient (Wildman–Crippen LogP) is 6.18. The number of fused-ring (bicyclic) bond motifs is 1. The average Bonchev–Trinajstić information content (AvgIpc) is 3.20. The van der Waals surface area contributed by atoms with Crippen molar-refractivity contribution >= 4 is 33.2 Å². The van der Waals surface area contributed by atoms with E-state index in [9.17, 15) is 19.8 Å². The van der Waals surface area contributed by atoms with Crippen LogP contribution in [0.2, 0.25) is 0 Å². The van der Waals surface area contributed by atoms with Gasteiger partial charge in [-0.05, 0) is 93.1 Å². The number of benzene rings is 3. The van der Waals surface area contributed by atoms with Crippen molar-refractivity contribution in [2.75, 3.05) is 13.2 Å². The standard InChI is InChI=1S/C28H26O6S/c1-28(2,3)27(32)34-15-14-33-21-11-6-17(7-12-21)25(31)24-22-13-10-20(30)16-23(22)35-26(24)18-4-8-19(29)9-5-18/h4-13,16,29-30H,14-15H2,1-3H3. The molecule has 7 heteroatoms. The van der Waals surface area contributed by atoms with Crippen LogP contribution in [0.4, 0.5) is 0 Å². The summed E-state index contributed by atoms with van der Waals surface area (Å²) in [6.07, 6.45) is 0. The maximum absolute atomic E-state index is 13.6. The Balaban J connectivity index is 1.55. The van der Waals surface area contributed by atoms with E-state index in [1.54, 1.807) is 87.5 Å². The first-order valence-electron chi connectivity index (χ1n) is 11.1. The highest BCUT2D eigenvalue weighted by atomic mass is 32.1. The van der Waals surface area contributed by atoms with Crippen molar-refractivity contribution in [1.82, 2.24) is 0 Å². The van der Waals surface area contributed by atoms with Crippen molar-refractivity contribution in [2.45, 2.75) is 20.8 Å². The molecule has 0 spiro atoms. The SMILES string of the molecule is CC(C)(C)C(=O)OCCOc1ccc(C(=O)c2c(-c3ccc(O)cc3)sc3cc(O)ccc23)cc1. The second-order valence-corrected chi connectivity index (χ2v) is 10.2. The second-order valence-electron chi connectivity index (χ2n) is 9.12. The van der Waals surface area contributed by atoms with E-state index in [1.165, 1.54) is 11.3 Å². The molecule has 180 valence electrons. The number of hydrogen-bond donors (Lipinski definition) is 2. The van der Waals surface area contributed by atoms with Gasteiger partial charge in [0, 0.05) is 26.1 Å². The number of esters is 1. The average molecular weight is 491 g/mol. The molecule has 0 atom stereocenters. The fourth-order valence-electron chi connectivity index (χ4n) is 3.48. The molecule has 0 amide bonds. The molecular formula is C28H26O6S. The van der Waals surface area contributed by atoms with Crippen molar-refractivity contribution in [3.8, 4) is 27.7 Å². The minimum atomic E-state index is -0.564. The first-order chi connectivity index (χ1) is 16.6. The van der Waals surface area contributed by atoms with E-state index in [1.807, 2.05) is 0 Å². The van der Waals surface area contributed by atoms with E-state index in [-0.39, 0.29) is 36.5 Å². The molecule has 0 aliphatic carbocycles. The van der Waals surface area contributed by atoms with Crippen LogP contribution >= 0.6 is 11.3 Å². The maximum atomic E-state index is 13.6. The molecule has 4 rings (SSSR count). The normalized spacial score (nSPS) is 11.4. The molecule has 0 aliphatic heterocycles. The Hall–Kier alpha value is -3.84. The van der Waals surface area contributed by atoms with Crippen LogP contribution < -0.4 is 4.74 Å². The summed E-state index contributed by atoms with van der Waals surface area (Å²) >= 11 is 1.41. The summed E-state index contributed by atoms with van der Waals surface area (Å²) < 4.78 is 11.6. The number of aromatic hydroxyl groups is 2. The molecule has 0 unspecified atom stereocenters. The van der Waals surface area contributed by atoms with Crippen LogP contribution in [0.1, 0.15) is 36.7 Å². The summed E-state index contributed by atoms with van der Waals surface area (Å²) in [5.74, 6) is 0.388. The van der Waals surface area contributed by atoms with E-state index in [0.717, 1.165) is 20.5 Å². The van der Waals surface area contributed by atoms with Crippen molar-refractivity contribution in [2.24, 2.45) is 5.41 Å². The molecule has 0 saturated carbocycles. The number of rotatable bonds is 7. The first kappa shape index (κ1) is 24.3. The number of thiophene rings is 1. The molecule has 2 N–H and O–H groups in total. The lowest BCUT2D eigenvalue weighted by molar-refractivity contribution is -0.153. The number of hydrogen-bond acceptors (Lipinski definition) is 7. The summed E-state index contributed by atoms with van der Waals surface area (Å²) in [5, 5.41) is 20.4. The molecule has 3 aromatic carbocycles. The third-order valence-corrected chi connectivity index (χ3v) is 6.55. The van der Waals surface area contributed by atoms with Gasteiger partial charge >= 0.3 is 5.97 Å². The molecule has 0 saturated heterocycles. The Kier molecular flexibility index (Phi) is 6.80. The highest BCUT2D eigenvalue weighted by Crippen LogP contribution is 2.41. The molecule has 0 radical (unpaired) electrons. The van der Waals surface area contributed by atoms with Crippen molar-refractivity contribution in [3.63, 3.8) is 0 Å². The van der Waals surface area contributed by atoms with Gasteiger partial charge in [-0.15, -0.1) is 11.3 Å². The van der Waals surface area contributed by atoms with Crippen molar-refractivity contribution in [3.05, 3.63) is 77.9 Å². The maximum Gasteiger partial charge on any atom is 0.311 e. The number of carbonyl (C=O) groups is 2. The molecule has 1 aromatic heterocycles. The minimum Gasteiger partial charge on any atom is -0.508 e. The van der Waals surface area contributed by atoms with Crippen LogP contribution in [-0.4, -0.2) is 35.2 Å². The van der Waals surface area contributed by atoms with Gasteiger partial charge in [-0.2, -0.15) is 0 Å². The molecule has 0 aliphatic rings. The Labute approximate surface area is 207 Å². The van der Waals surface area contributed by atoms with E-state index >= 15 is 0 Å². The second kappa shape index (κ2) is 9.80. The van der Waals surface area contributed by atoms with Gasteiger partial charge in [-0.25, -0.2) is 0 Å². The van der Waals surface area contributed by atoms with Gasteiger partial charge in [-0.3, -0.25) is 9.59 Å².